The van der Waals surface area contributed by atoms with Crippen LogP contribution >= 0.6 is 23.2 Å². The van der Waals surface area contributed by atoms with Gasteiger partial charge in [0.1, 0.15) is 17.8 Å². The summed E-state index contributed by atoms with van der Waals surface area (Å²) in [6.45, 7) is 1.82. The van der Waals surface area contributed by atoms with E-state index in [1.165, 1.54) is 6.38 Å². The number of hydrogen-bond acceptors (Lipinski definition) is 5. The molecule has 3 rings (SSSR count). The summed E-state index contributed by atoms with van der Waals surface area (Å²) in [5.41, 5.74) is 6.13. The molecule has 1 unspecified atom stereocenters. The molecule has 0 saturated heterocycles. The molecule has 1 aliphatic carbocycles. The number of rotatable bonds is 12. The number of aromatic nitrogens is 1. The second-order valence-corrected chi connectivity index (χ2v) is 9.25. The molecular weight excluding hydrogens is 499 g/mol. The van der Waals surface area contributed by atoms with Gasteiger partial charge >= 0.3 is 0 Å². The summed E-state index contributed by atoms with van der Waals surface area (Å²) in [6, 6.07) is 11.2. The zero-order valence-corrected chi connectivity index (χ0v) is 22.9. The Morgan fingerprint density at radius 1 is 1.17 bits per heavy atom. The van der Waals surface area contributed by atoms with Crippen LogP contribution in [0, 0.1) is 0 Å². The number of ketones is 1. The highest BCUT2D eigenvalue weighted by molar-refractivity contribution is 6.31. The molecule has 36 heavy (non-hydrogen) atoms. The zero-order chi connectivity index (χ0) is 26.4. The number of carbonyl (C=O) groups is 2. The molecule has 1 atom stereocenters. The Kier molecular flexibility index (Phi) is 13.4. The van der Waals surface area contributed by atoms with Crippen LogP contribution in [0.15, 0.2) is 48.8 Å². The Hall–Kier alpha value is -2.03. The standard InChI is InChI=1S/C26H35ClN4O3.CH3Cl/c1-30(26(14-6-5-13-24(26)32)22-11-3-4-12-23(22)27)19-34-20-31-17-9-10-21(18-31)25(33)29-16-8-2-7-15-28;1-2/h3-4,9-12,17-18H,2,5-8,13-16,19-20,28H2,1H3;1H3/p+1. The lowest BCUT2D eigenvalue weighted by Gasteiger charge is -2.43. The molecule has 0 bridgehead atoms. The summed E-state index contributed by atoms with van der Waals surface area (Å²) in [6.07, 6.45) is 11.1. The maximum atomic E-state index is 13.2. The van der Waals surface area contributed by atoms with E-state index in [-0.39, 0.29) is 25.2 Å². The number of nitrogens with zero attached hydrogens (tertiary/aromatic N) is 2. The number of alkyl halides is 1. The normalized spacial score (nSPS) is 17.4. The van der Waals surface area contributed by atoms with Crippen LogP contribution < -0.4 is 15.6 Å². The Labute approximate surface area is 224 Å². The molecule has 198 valence electrons. The summed E-state index contributed by atoms with van der Waals surface area (Å²) in [5.74, 6) is 0.0698. The molecule has 1 heterocycles. The van der Waals surface area contributed by atoms with Crippen LogP contribution in [0.2, 0.25) is 5.02 Å². The molecule has 0 spiro atoms. The van der Waals surface area contributed by atoms with Crippen molar-refractivity contribution in [2.24, 2.45) is 5.73 Å². The summed E-state index contributed by atoms with van der Waals surface area (Å²) in [5, 5.41) is 3.54. The third-order valence-electron chi connectivity index (χ3n) is 6.44. The van der Waals surface area contributed by atoms with E-state index in [4.69, 9.17) is 22.1 Å². The molecule has 1 amide bonds. The van der Waals surface area contributed by atoms with Crippen LogP contribution in [-0.4, -0.2) is 49.8 Å². The molecule has 1 fully saturated rings. The minimum atomic E-state index is -0.785. The van der Waals surface area contributed by atoms with E-state index in [1.54, 1.807) is 12.3 Å². The second-order valence-electron chi connectivity index (χ2n) is 8.84. The molecule has 9 heteroatoms. The lowest BCUT2D eigenvalue weighted by molar-refractivity contribution is -0.733. The molecule has 1 saturated carbocycles. The maximum absolute atomic E-state index is 13.2. The highest BCUT2D eigenvalue weighted by atomic mass is 35.5. The largest absolute Gasteiger partial charge is 0.352 e. The first kappa shape index (κ1) is 30.2. The topological polar surface area (TPSA) is 88.5 Å². The molecule has 0 radical (unpaired) electrons. The van der Waals surface area contributed by atoms with Crippen molar-refractivity contribution in [1.29, 1.82) is 0 Å². The number of carbonyl (C=O) groups excluding carboxylic acids is 2. The lowest BCUT2D eigenvalue weighted by atomic mass is 9.74. The maximum Gasteiger partial charge on any atom is 0.257 e. The van der Waals surface area contributed by atoms with Crippen molar-refractivity contribution < 1.29 is 18.9 Å². The summed E-state index contributed by atoms with van der Waals surface area (Å²) < 4.78 is 7.80. The first-order chi connectivity index (χ1) is 17.5. The molecule has 0 aliphatic heterocycles. The number of nitrogens with two attached hydrogens (primary N) is 1. The van der Waals surface area contributed by atoms with E-state index in [2.05, 4.69) is 16.9 Å². The van der Waals surface area contributed by atoms with Gasteiger partial charge in [-0.2, -0.15) is 4.57 Å². The number of halogens is 2. The number of ether oxygens (including phenoxy) is 1. The van der Waals surface area contributed by atoms with Gasteiger partial charge in [-0.05, 0) is 57.0 Å². The third kappa shape index (κ3) is 7.98. The van der Waals surface area contributed by atoms with Crippen LogP contribution in [0.5, 0.6) is 0 Å². The number of unbranched alkanes of at least 4 members (excludes halogenated alkanes) is 2. The number of pyridine rings is 1. The van der Waals surface area contributed by atoms with Gasteiger partial charge in [0.2, 0.25) is 0 Å². The first-order valence-corrected chi connectivity index (χ1v) is 13.5. The number of benzene rings is 1. The van der Waals surface area contributed by atoms with Gasteiger partial charge in [-0.1, -0.05) is 42.6 Å². The lowest BCUT2D eigenvalue weighted by Crippen LogP contribution is -2.53. The fourth-order valence-corrected chi connectivity index (χ4v) is 4.88. The molecule has 1 aromatic heterocycles. The molecule has 1 aliphatic rings. The van der Waals surface area contributed by atoms with Crippen molar-refractivity contribution in [2.75, 3.05) is 33.3 Å². The van der Waals surface area contributed by atoms with Gasteiger partial charge < -0.3 is 15.8 Å². The molecule has 7 nitrogen and oxygen atoms in total. The van der Waals surface area contributed by atoms with Gasteiger partial charge in [0.15, 0.2) is 18.2 Å². The average molecular weight is 539 g/mol. The van der Waals surface area contributed by atoms with Crippen LogP contribution in [0.4, 0.5) is 0 Å². The SMILES string of the molecule is CCl.CN(COC[n+]1cccc(C(=O)NCCCCCN)c1)C1(c2ccccc2Cl)CCCCC1=O. The van der Waals surface area contributed by atoms with Crippen molar-refractivity contribution >= 4 is 34.9 Å². The number of amides is 1. The number of hydrogen-bond donors (Lipinski definition) is 2. The minimum absolute atomic E-state index is 0.107. The third-order valence-corrected chi connectivity index (χ3v) is 6.77. The number of nitrogens with one attached hydrogen (secondary N) is 1. The highest BCUT2D eigenvalue weighted by Crippen LogP contribution is 2.42. The predicted molar refractivity (Wildman–Crippen MR) is 144 cm³/mol. The van der Waals surface area contributed by atoms with Gasteiger partial charge in [0, 0.05) is 30.4 Å². The van der Waals surface area contributed by atoms with E-state index in [0.29, 0.717) is 36.5 Å². The van der Waals surface area contributed by atoms with Crippen molar-refractivity contribution in [3.8, 4) is 0 Å². The Morgan fingerprint density at radius 2 is 1.94 bits per heavy atom. The first-order valence-electron chi connectivity index (χ1n) is 12.4. The van der Waals surface area contributed by atoms with Crippen LogP contribution in [0.3, 0.4) is 0 Å². The van der Waals surface area contributed by atoms with Gasteiger partial charge in [-0.25, -0.2) is 0 Å². The van der Waals surface area contributed by atoms with Gasteiger partial charge in [-0.3, -0.25) is 14.5 Å². The zero-order valence-electron chi connectivity index (χ0n) is 21.3. The second kappa shape index (κ2) is 15.9. The highest BCUT2D eigenvalue weighted by Gasteiger charge is 2.46. The van der Waals surface area contributed by atoms with E-state index >= 15 is 0 Å². The monoisotopic (exact) mass is 537 g/mol. The quantitative estimate of drug-likeness (QED) is 0.183. The van der Waals surface area contributed by atoms with Crippen LogP contribution in [0.25, 0.3) is 0 Å². The fraction of sp³-hybridized carbons (Fsp3) is 0.519. The summed E-state index contributed by atoms with van der Waals surface area (Å²) in [4.78, 5) is 27.6. The van der Waals surface area contributed by atoms with E-state index in [1.807, 2.05) is 53.0 Å². The molecular formula is C27H39Cl2N4O3+. The average Bonchev–Trinajstić information content (AvgIpc) is 2.90. The summed E-state index contributed by atoms with van der Waals surface area (Å²) >= 11 is 11.2. The Balaban J connectivity index is 0.00000222. The van der Waals surface area contributed by atoms with Crippen molar-refractivity contribution in [1.82, 2.24) is 10.2 Å². The molecule has 1 aromatic carbocycles. The number of likely N-dealkylation sites (N-methyl/N-ethyl adjacent to an activating group) is 1. The fourth-order valence-electron chi connectivity index (χ4n) is 4.58. The minimum Gasteiger partial charge on any atom is -0.352 e. The summed E-state index contributed by atoms with van der Waals surface area (Å²) in [7, 11) is 1.91. The van der Waals surface area contributed by atoms with Crippen LogP contribution in [0.1, 0.15) is 60.9 Å². The smallest absolute Gasteiger partial charge is 0.257 e. The molecule has 3 N–H and O–H groups in total. The van der Waals surface area contributed by atoms with E-state index < -0.39 is 5.54 Å². The van der Waals surface area contributed by atoms with Gasteiger partial charge in [0.05, 0.1) is 0 Å². The van der Waals surface area contributed by atoms with E-state index in [0.717, 1.165) is 37.7 Å². The van der Waals surface area contributed by atoms with Gasteiger partial charge in [-0.15, -0.1) is 11.6 Å². The van der Waals surface area contributed by atoms with Crippen LogP contribution in [-0.2, 0) is 21.8 Å². The molecule has 2 aromatic rings. The number of Topliss-reactive ketones (excluding diaryl/α,β-unsaturated/α-hetero) is 1. The van der Waals surface area contributed by atoms with Gasteiger partial charge in [0.25, 0.3) is 12.6 Å². The van der Waals surface area contributed by atoms with Crippen molar-refractivity contribution in [3.05, 3.63) is 64.9 Å². The predicted octanol–water partition coefficient (Wildman–Crippen LogP) is 4.24. The van der Waals surface area contributed by atoms with Crippen molar-refractivity contribution in [2.45, 2.75) is 57.2 Å². The Morgan fingerprint density at radius 3 is 2.67 bits per heavy atom. The Bertz CT molecular complexity index is 976. The van der Waals surface area contributed by atoms with Crippen molar-refractivity contribution in [3.63, 3.8) is 0 Å². The van der Waals surface area contributed by atoms with E-state index in [9.17, 15) is 9.59 Å².